The van der Waals surface area contributed by atoms with Crippen LogP contribution < -0.4 is 10.6 Å². The monoisotopic (exact) mass is 470 g/mol. The van der Waals surface area contributed by atoms with Crippen LogP contribution >= 0.6 is 20.3 Å². The molecule has 8 nitrogen and oxygen atoms in total. The van der Waals surface area contributed by atoms with Crippen LogP contribution in [0.5, 0.6) is 0 Å². The number of fused-ring (bicyclic) bond motifs is 1. The third kappa shape index (κ3) is 4.39. The summed E-state index contributed by atoms with van der Waals surface area (Å²) < 4.78 is 13.0. The van der Waals surface area contributed by atoms with Gasteiger partial charge in [0.05, 0.1) is 5.56 Å². The highest BCUT2D eigenvalue weighted by molar-refractivity contribution is 8.18. The predicted molar refractivity (Wildman–Crippen MR) is 124 cm³/mol. The van der Waals surface area contributed by atoms with Gasteiger partial charge in [-0.15, -0.1) is 0 Å². The molecule has 1 fully saturated rings. The normalized spacial score (nSPS) is 21.3. The predicted octanol–water partition coefficient (Wildman–Crippen LogP) is 2.43. The molecule has 2 unspecified atom stereocenters. The number of carbonyl (C=O) groups excluding carboxylic acids is 2. The Morgan fingerprint density at radius 1 is 1.25 bits per heavy atom. The second-order valence-electron chi connectivity index (χ2n) is 7.37. The number of pyridine rings is 1. The fraction of sp³-hybridized carbons (Fsp3) is 0.238. The number of anilines is 1. The zero-order valence-electron chi connectivity index (χ0n) is 16.9. The van der Waals surface area contributed by atoms with Gasteiger partial charge in [0.15, 0.2) is 0 Å². The number of hydrazone groups is 1. The van der Waals surface area contributed by atoms with Crippen molar-refractivity contribution in [2.45, 2.75) is 5.11 Å². The smallest absolute Gasteiger partial charge is 0.270 e. The van der Waals surface area contributed by atoms with Gasteiger partial charge in [-0.3, -0.25) is 9.59 Å². The summed E-state index contributed by atoms with van der Waals surface area (Å²) in [6, 6.07) is 9.83. The van der Waals surface area contributed by atoms with E-state index in [1.165, 1.54) is 12.3 Å². The Kier molecular flexibility index (Phi) is 5.91. The summed E-state index contributed by atoms with van der Waals surface area (Å²) in [7, 11) is 0.453. The number of piperazine rings is 1. The molecule has 0 bridgehead atoms. The van der Waals surface area contributed by atoms with E-state index in [4.69, 9.17) is 0 Å². The van der Waals surface area contributed by atoms with Crippen molar-refractivity contribution in [3.63, 3.8) is 0 Å². The number of benzene rings is 1. The number of thioether (sulfide) groups is 1. The standard InChI is InChI=1S/C21H20FN6O2PS/c22-16-5-4-14(12-24-16)19(30)25-15-3-1-2-13(10-15)20-26-28-17(29)11-18(31-21(28)32-20)27-8-6-23-7-9-27/h1-5,10-12,21,23,31H,6-9H2,(H,25,30). The highest BCUT2D eigenvalue weighted by Gasteiger charge is 2.37. The van der Waals surface area contributed by atoms with E-state index in [0.29, 0.717) is 14.3 Å². The zero-order valence-corrected chi connectivity index (χ0v) is 18.7. The summed E-state index contributed by atoms with van der Waals surface area (Å²) in [5.41, 5.74) is 2.76. The van der Waals surface area contributed by atoms with Gasteiger partial charge in [0.1, 0.15) is 10.2 Å². The summed E-state index contributed by atoms with van der Waals surface area (Å²) in [5, 5.41) is 12.9. The number of rotatable bonds is 4. The fourth-order valence-electron chi connectivity index (χ4n) is 3.59. The van der Waals surface area contributed by atoms with Crippen LogP contribution in [0.3, 0.4) is 0 Å². The van der Waals surface area contributed by atoms with Crippen molar-refractivity contribution in [1.82, 2.24) is 20.2 Å². The van der Waals surface area contributed by atoms with Crippen molar-refractivity contribution < 1.29 is 14.0 Å². The van der Waals surface area contributed by atoms with Crippen LogP contribution in [-0.4, -0.2) is 63.0 Å². The third-order valence-corrected chi connectivity index (χ3v) is 8.13. The number of halogens is 1. The maximum absolute atomic E-state index is 13.0. The Bertz CT molecular complexity index is 1120. The van der Waals surface area contributed by atoms with E-state index in [9.17, 15) is 14.0 Å². The molecule has 3 aliphatic rings. The molecule has 11 heteroatoms. The van der Waals surface area contributed by atoms with Gasteiger partial charge in [-0.2, -0.15) is 9.49 Å². The molecule has 2 amide bonds. The van der Waals surface area contributed by atoms with Gasteiger partial charge < -0.3 is 15.5 Å². The van der Waals surface area contributed by atoms with Crippen molar-refractivity contribution in [3.8, 4) is 0 Å². The lowest BCUT2D eigenvalue weighted by Gasteiger charge is -2.35. The number of aromatic nitrogens is 1. The van der Waals surface area contributed by atoms with Crippen molar-refractivity contribution in [2.75, 3.05) is 31.5 Å². The van der Waals surface area contributed by atoms with Gasteiger partial charge in [0, 0.05) is 55.1 Å². The summed E-state index contributed by atoms with van der Waals surface area (Å²) in [5.74, 6) is -1.12. The number of hydrogen-bond donors (Lipinski definition) is 2. The van der Waals surface area contributed by atoms with Gasteiger partial charge >= 0.3 is 0 Å². The second-order valence-corrected chi connectivity index (χ2v) is 10.2. The lowest BCUT2D eigenvalue weighted by molar-refractivity contribution is -0.125. The molecule has 4 heterocycles. The second kappa shape index (κ2) is 8.97. The Balaban J connectivity index is 1.29. The number of nitrogens with zero attached hydrogens (tertiary/aromatic N) is 4. The minimum absolute atomic E-state index is 0.0454. The first-order valence-corrected chi connectivity index (χ1v) is 12.1. The van der Waals surface area contributed by atoms with Gasteiger partial charge in [-0.05, 0) is 32.8 Å². The summed E-state index contributed by atoms with van der Waals surface area (Å²) >= 11 is 1.56. The highest BCUT2D eigenvalue weighted by atomic mass is 32.2. The minimum Gasteiger partial charge on any atom is -0.369 e. The Morgan fingerprint density at radius 2 is 2.09 bits per heavy atom. The third-order valence-electron chi connectivity index (χ3n) is 5.22. The molecule has 1 aromatic heterocycles. The molecule has 32 heavy (non-hydrogen) atoms. The SMILES string of the molecule is O=C(Nc1cccc(C2=NN3C(=O)C=C(N4CCNCC4)PC3S2)c1)c1ccc(F)nc1. The molecule has 0 spiro atoms. The molecule has 0 radical (unpaired) electrons. The summed E-state index contributed by atoms with van der Waals surface area (Å²) in [4.78, 5) is 30.9. The van der Waals surface area contributed by atoms with Gasteiger partial charge in [0.25, 0.3) is 11.8 Å². The zero-order chi connectivity index (χ0) is 22.1. The van der Waals surface area contributed by atoms with E-state index in [-0.39, 0.29) is 22.5 Å². The molecular weight excluding hydrogens is 450 g/mol. The molecule has 5 rings (SSSR count). The largest absolute Gasteiger partial charge is 0.369 e. The fourth-order valence-corrected chi connectivity index (χ4v) is 6.56. The molecule has 3 aliphatic heterocycles. The first kappa shape index (κ1) is 21.1. The van der Waals surface area contributed by atoms with Gasteiger partial charge in [-0.1, -0.05) is 23.9 Å². The maximum Gasteiger partial charge on any atom is 0.270 e. The van der Waals surface area contributed by atoms with E-state index in [2.05, 4.69) is 25.6 Å². The van der Waals surface area contributed by atoms with Gasteiger partial charge in [0.2, 0.25) is 5.95 Å². The lowest BCUT2D eigenvalue weighted by atomic mass is 10.2. The average molecular weight is 470 g/mol. The van der Waals surface area contributed by atoms with Crippen LogP contribution in [0.2, 0.25) is 0 Å². The molecule has 0 aliphatic carbocycles. The van der Waals surface area contributed by atoms with E-state index >= 15 is 0 Å². The van der Waals surface area contributed by atoms with E-state index in [1.54, 1.807) is 28.9 Å². The topological polar surface area (TPSA) is 89.9 Å². The number of hydrogen-bond acceptors (Lipinski definition) is 7. The first-order valence-electron chi connectivity index (χ1n) is 10.1. The molecular formula is C21H20FN6O2PS. The van der Waals surface area contributed by atoms with Crippen LogP contribution in [-0.2, 0) is 4.79 Å². The van der Waals surface area contributed by atoms with Crippen LogP contribution in [0.4, 0.5) is 10.1 Å². The average Bonchev–Trinajstić information content (AvgIpc) is 3.25. The van der Waals surface area contributed by atoms with Crippen LogP contribution in [0.15, 0.2) is 59.2 Å². The molecule has 2 aromatic rings. The van der Waals surface area contributed by atoms with Crippen LogP contribution in [0.25, 0.3) is 0 Å². The van der Waals surface area contributed by atoms with Gasteiger partial charge in [-0.25, -0.2) is 9.99 Å². The summed E-state index contributed by atoms with van der Waals surface area (Å²) in [6.07, 6.45) is 2.90. The molecule has 0 saturated carbocycles. The van der Waals surface area contributed by atoms with Crippen LogP contribution in [0, 0.1) is 5.95 Å². The molecule has 2 atom stereocenters. The number of nitrogens with one attached hydrogen (secondary N) is 2. The molecule has 164 valence electrons. The Hall–Kier alpha value is -2.81. The molecule has 1 saturated heterocycles. The van der Waals surface area contributed by atoms with Crippen molar-refractivity contribution in [1.29, 1.82) is 0 Å². The quantitative estimate of drug-likeness (QED) is 0.527. The van der Waals surface area contributed by atoms with E-state index < -0.39 is 5.95 Å². The van der Waals surface area contributed by atoms with Crippen molar-refractivity contribution in [3.05, 3.63) is 71.2 Å². The Labute approximate surface area is 190 Å². The lowest BCUT2D eigenvalue weighted by Crippen LogP contribution is -2.44. The minimum atomic E-state index is -0.638. The van der Waals surface area contributed by atoms with Crippen molar-refractivity contribution in [2.24, 2.45) is 5.10 Å². The Morgan fingerprint density at radius 3 is 2.88 bits per heavy atom. The maximum atomic E-state index is 13.0. The van der Waals surface area contributed by atoms with Crippen molar-refractivity contribution >= 4 is 42.9 Å². The number of carbonyl (C=O) groups is 2. The van der Waals surface area contributed by atoms with E-state index in [0.717, 1.165) is 48.3 Å². The summed E-state index contributed by atoms with van der Waals surface area (Å²) in [6.45, 7) is 3.66. The molecule has 1 aromatic carbocycles. The van der Waals surface area contributed by atoms with Crippen LogP contribution in [0.1, 0.15) is 15.9 Å². The highest BCUT2D eigenvalue weighted by Crippen LogP contribution is 2.48. The first-order chi connectivity index (χ1) is 15.6. The number of amides is 2. The van der Waals surface area contributed by atoms with E-state index in [1.807, 2.05) is 18.2 Å². The molecule has 2 N–H and O–H groups in total.